The van der Waals surface area contributed by atoms with Crippen molar-refractivity contribution in [3.05, 3.63) is 11.9 Å². The Bertz CT molecular complexity index is 392. The molecule has 5 heteroatoms. The summed E-state index contributed by atoms with van der Waals surface area (Å²) >= 11 is 0. The Morgan fingerprint density at radius 3 is 2.48 bits per heavy atom. The summed E-state index contributed by atoms with van der Waals surface area (Å²) in [4.78, 5) is 9.18. The molecule has 21 heavy (non-hydrogen) atoms. The lowest BCUT2D eigenvalue weighted by Gasteiger charge is -2.19. The van der Waals surface area contributed by atoms with Crippen LogP contribution in [-0.2, 0) is 11.2 Å². The van der Waals surface area contributed by atoms with Gasteiger partial charge in [0.25, 0.3) is 0 Å². The lowest BCUT2D eigenvalue weighted by molar-refractivity contribution is 0.182. The molecule has 120 valence electrons. The highest BCUT2D eigenvalue weighted by molar-refractivity contribution is 5.48. The Hall–Kier alpha value is -1.36. The van der Waals surface area contributed by atoms with Gasteiger partial charge in [0.2, 0.25) is 0 Å². The number of anilines is 2. The van der Waals surface area contributed by atoms with Crippen LogP contribution in [0.4, 0.5) is 11.6 Å². The largest absolute Gasteiger partial charge is 0.383 e. The Kier molecular flexibility index (Phi) is 8.74. The van der Waals surface area contributed by atoms with Gasteiger partial charge < -0.3 is 15.4 Å². The van der Waals surface area contributed by atoms with Gasteiger partial charge in [0, 0.05) is 26.1 Å². The quantitative estimate of drug-likeness (QED) is 0.654. The Labute approximate surface area is 128 Å². The van der Waals surface area contributed by atoms with E-state index in [0.717, 1.165) is 56.1 Å². The molecule has 0 aliphatic carbocycles. The van der Waals surface area contributed by atoms with E-state index < -0.39 is 0 Å². The number of hydrogen-bond acceptors (Lipinski definition) is 5. The van der Waals surface area contributed by atoms with Gasteiger partial charge in [-0.15, -0.1) is 0 Å². The van der Waals surface area contributed by atoms with Gasteiger partial charge in [0.15, 0.2) is 0 Å². The van der Waals surface area contributed by atoms with Crippen molar-refractivity contribution in [3.8, 4) is 0 Å². The molecule has 5 nitrogen and oxygen atoms in total. The minimum absolute atomic E-state index is 0.295. The highest BCUT2D eigenvalue weighted by atomic mass is 16.5. The van der Waals surface area contributed by atoms with E-state index in [1.54, 1.807) is 7.11 Å². The van der Waals surface area contributed by atoms with Crippen LogP contribution in [-0.4, -0.2) is 36.3 Å². The predicted octanol–water partition coefficient (Wildman–Crippen LogP) is 3.48. The summed E-state index contributed by atoms with van der Waals surface area (Å²) < 4.78 is 5.28. The van der Waals surface area contributed by atoms with Gasteiger partial charge in [0.1, 0.15) is 17.5 Å². The fraction of sp³-hybridized carbons (Fsp3) is 0.750. The molecule has 0 spiro atoms. The lowest BCUT2D eigenvalue weighted by atomic mass is 10.2. The van der Waals surface area contributed by atoms with Gasteiger partial charge in [-0.2, -0.15) is 0 Å². The SMILES string of the molecule is CCCNc1cc(NC(CCC)COC)nc(CCC)n1. The number of ether oxygens (including phenoxy) is 1. The van der Waals surface area contributed by atoms with Gasteiger partial charge >= 0.3 is 0 Å². The molecular weight excluding hydrogens is 264 g/mol. The van der Waals surface area contributed by atoms with E-state index in [2.05, 4.69) is 41.4 Å². The highest BCUT2D eigenvalue weighted by Gasteiger charge is 2.10. The van der Waals surface area contributed by atoms with Crippen molar-refractivity contribution in [2.75, 3.05) is 30.9 Å². The molecular formula is C16H30N4O. The molecule has 0 aromatic carbocycles. The summed E-state index contributed by atoms with van der Waals surface area (Å²) in [6.07, 6.45) is 5.22. The first-order valence-electron chi connectivity index (χ1n) is 8.10. The molecule has 1 aromatic heterocycles. The van der Waals surface area contributed by atoms with Crippen LogP contribution < -0.4 is 10.6 Å². The third kappa shape index (κ3) is 6.76. The lowest BCUT2D eigenvalue weighted by Crippen LogP contribution is -2.25. The molecule has 1 rings (SSSR count). The van der Waals surface area contributed by atoms with Gasteiger partial charge in [-0.1, -0.05) is 27.2 Å². The predicted molar refractivity (Wildman–Crippen MR) is 89.0 cm³/mol. The van der Waals surface area contributed by atoms with Crippen LogP contribution >= 0.6 is 0 Å². The fourth-order valence-electron chi connectivity index (χ4n) is 2.21. The maximum absolute atomic E-state index is 5.28. The van der Waals surface area contributed by atoms with Gasteiger partial charge in [0.05, 0.1) is 12.6 Å². The number of aryl methyl sites for hydroxylation is 1. The number of nitrogens with one attached hydrogen (secondary N) is 2. The summed E-state index contributed by atoms with van der Waals surface area (Å²) in [5, 5.41) is 6.83. The van der Waals surface area contributed by atoms with Crippen molar-refractivity contribution in [3.63, 3.8) is 0 Å². The fourth-order valence-corrected chi connectivity index (χ4v) is 2.21. The third-order valence-corrected chi connectivity index (χ3v) is 3.16. The molecule has 0 saturated carbocycles. The normalized spacial score (nSPS) is 12.2. The van der Waals surface area contributed by atoms with E-state index in [1.165, 1.54) is 0 Å². The molecule has 1 atom stereocenters. The maximum Gasteiger partial charge on any atom is 0.133 e. The van der Waals surface area contributed by atoms with Crippen molar-refractivity contribution >= 4 is 11.6 Å². The average Bonchev–Trinajstić information content (AvgIpc) is 2.46. The van der Waals surface area contributed by atoms with Crippen LogP contribution in [0.25, 0.3) is 0 Å². The van der Waals surface area contributed by atoms with Gasteiger partial charge in [-0.3, -0.25) is 0 Å². The van der Waals surface area contributed by atoms with Crippen molar-refractivity contribution in [2.45, 2.75) is 58.9 Å². The van der Waals surface area contributed by atoms with Crippen molar-refractivity contribution in [1.82, 2.24) is 9.97 Å². The Morgan fingerprint density at radius 1 is 1.10 bits per heavy atom. The van der Waals surface area contributed by atoms with Crippen LogP contribution in [0.15, 0.2) is 6.07 Å². The molecule has 0 fully saturated rings. The third-order valence-electron chi connectivity index (χ3n) is 3.16. The zero-order chi connectivity index (χ0) is 15.5. The molecule has 2 N–H and O–H groups in total. The number of hydrogen-bond donors (Lipinski definition) is 2. The van der Waals surface area contributed by atoms with Gasteiger partial charge in [-0.05, 0) is 19.3 Å². The number of aromatic nitrogens is 2. The zero-order valence-electron chi connectivity index (χ0n) is 13.9. The molecule has 0 radical (unpaired) electrons. The van der Waals surface area contributed by atoms with E-state index >= 15 is 0 Å². The number of rotatable bonds is 11. The zero-order valence-corrected chi connectivity index (χ0v) is 13.9. The van der Waals surface area contributed by atoms with Crippen LogP contribution in [0, 0.1) is 0 Å². The monoisotopic (exact) mass is 294 g/mol. The second-order valence-corrected chi connectivity index (χ2v) is 5.32. The molecule has 0 bridgehead atoms. The van der Waals surface area contributed by atoms with Crippen molar-refractivity contribution in [1.29, 1.82) is 0 Å². The van der Waals surface area contributed by atoms with E-state index in [1.807, 2.05) is 6.07 Å². The minimum Gasteiger partial charge on any atom is -0.383 e. The summed E-state index contributed by atoms with van der Waals surface area (Å²) in [6.45, 7) is 8.10. The second kappa shape index (κ2) is 10.4. The molecule has 0 aliphatic heterocycles. The molecule has 0 amide bonds. The molecule has 1 unspecified atom stereocenters. The maximum atomic E-state index is 5.28. The number of nitrogens with zero attached hydrogens (tertiary/aromatic N) is 2. The summed E-state index contributed by atoms with van der Waals surface area (Å²) in [5.41, 5.74) is 0. The summed E-state index contributed by atoms with van der Waals surface area (Å²) in [7, 11) is 1.74. The minimum atomic E-state index is 0.295. The van der Waals surface area contributed by atoms with Crippen LogP contribution in [0.3, 0.4) is 0 Å². The van der Waals surface area contributed by atoms with E-state index in [-0.39, 0.29) is 0 Å². The first kappa shape index (κ1) is 17.7. The van der Waals surface area contributed by atoms with Crippen molar-refractivity contribution in [2.24, 2.45) is 0 Å². The Balaban J connectivity index is 2.83. The first-order chi connectivity index (χ1) is 10.2. The van der Waals surface area contributed by atoms with Crippen LogP contribution in [0.5, 0.6) is 0 Å². The second-order valence-electron chi connectivity index (χ2n) is 5.32. The molecule has 1 aromatic rings. The van der Waals surface area contributed by atoms with Crippen LogP contribution in [0.1, 0.15) is 52.3 Å². The van der Waals surface area contributed by atoms with E-state index in [9.17, 15) is 0 Å². The van der Waals surface area contributed by atoms with E-state index in [0.29, 0.717) is 12.6 Å². The molecule has 1 heterocycles. The van der Waals surface area contributed by atoms with Crippen molar-refractivity contribution < 1.29 is 4.74 Å². The topological polar surface area (TPSA) is 59.1 Å². The van der Waals surface area contributed by atoms with E-state index in [4.69, 9.17) is 4.74 Å². The smallest absolute Gasteiger partial charge is 0.133 e. The Morgan fingerprint density at radius 2 is 1.86 bits per heavy atom. The molecule has 0 saturated heterocycles. The highest BCUT2D eigenvalue weighted by Crippen LogP contribution is 2.15. The molecule has 0 aliphatic rings. The standard InChI is InChI=1S/C16H30N4O/c1-5-8-13(12-21-4)18-16-11-15(17-10-7-3)19-14(20-16)9-6-2/h11,13H,5-10,12H2,1-4H3,(H2,17,18,19,20). The average molecular weight is 294 g/mol. The first-order valence-corrected chi connectivity index (χ1v) is 8.10. The summed E-state index contributed by atoms with van der Waals surface area (Å²) in [5.74, 6) is 2.70. The summed E-state index contributed by atoms with van der Waals surface area (Å²) in [6, 6.07) is 2.29. The number of methoxy groups -OCH3 is 1. The van der Waals surface area contributed by atoms with Crippen LogP contribution in [0.2, 0.25) is 0 Å². The van der Waals surface area contributed by atoms with Gasteiger partial charge in [-0.25, -0.2) is 9.97 Å².